The molecule has 0 saturated carbocycles. The highest BCUT2D eigenvalue weighted by atomic mass is 79.9. The summed E-state index contributed by atoms with van der Waals surface area (Å²) in [4.78, 5) is 11.5. The van der Waals surface area contributed by atoms with Gasteiger partial charge in [0.2, 0.25) is 0 Å². The fourth-order valence-electron chi connectivity index (χ4n) is 1.15. The van der Waals surface area contributed by atoms with Crippen molar-refractivity contribution in [2.75, 3.05) is 6.61 Å². The molecule has 68 valence electrons. The lowest BCUT2D eigenvalue weighted by Crippen LogP contribution is -2.02. The minimum absolute atomic E-state index is 0.162. The molecule has 1 aromatic rings. The number of Topliss-reactive ketones (excluding diaryl/α,β-unsaturated/α-hetero) is 1. The van der Waals surface area contributed by atoms with E-state index in [9.17, 15) is 4.79 Å². The molecule has 1 unspecified atom stereocenters. The zero-order valence-electron chi connectivity index (χ0n) is 7.00. The molecule has 0 aliphatic carbocycles. The molecular weight excluding hydrogens is 232 g/mol. The van der Waals surface area contributed by atoms with Gasteiger partial charge < -0.3 is 4.74 Å². The molecule has 0 bridgehead atoms. The molecular formula is C10H9BrO2. The van der Waals surface area contributed by atoms with Gasteiger partial charge in [-0.1, -0.05) is 28.1 Å². The van der Waals surface area contributed by atoms with E-state index in [-0.39, 0.29) is 11.9 Å². The fraction of sp³-hybridized carbons (Fsp3) is 0.300. The Balaban J connectivity index is 2.05. The van der Waals surface area contributed by atoms with Crippen LogP contribution in [0.3, 0.4) is 0 Å². The largest absolute Gasteiger partial charge is 0.373 e. The number of ether oxygens (including phenoxy) is 1. The maximum atomic E-state index is 11.5. The minimum atomic E-state index is 0.162. The van der Waals surface area contributed by atoms with Crippen LogP contribution in [-0.2, 0) is 4.74 Å². The summed E-state index contributed by atoms with van der Waals surface area (Å²) in [6.07, 6.45) is 0.692. The third kappa shape index (κ3) is 2.39. The van der Waals surface area contributed by atoms with E-state index in [4.69, 9.17) is 4.74 Å². The SMILES string of the molecule is O=C(CC1CO1)c1ccc(Br)cc1. The molecule has 13 heavy (non-hydrogen) atoms. The van der Waals surface area contributed by atoms with E-state index in [1.165, 1.54) is 0 Å². The van der Waals surface area contributed by atoms with Gasteiger partial charge in [0.1, 0.15) is 0 Å². The Morgan fingerprint density at radius 3 is 2.62 bits per heavy atom. The Hall–Kier alpha value is -0.670. The van der Waals surface area contributed by atoms with Crippen LogP contribution in [0.1, 0.15) is 16.8 Å². The number of epoxide rings is 1. The predicted molar refractivity (Wildman–Crippen MR) is 52.8 cm³/mol. The maximum Gasteiger partial charge on any atom is 0.165 e. The second-order valence-corrected chi connectivity index (χ2v) is 4.01. The number of carbonyl (C=O) groups is 1. The van der Waals surface area contributed by atoms with E-state index in [0.29, 0.717) is 6.42 Å². The molecule has 2 rings (SSSR count). The van der Waals surface area contributed by atoms with Crippen LogP contribution in [0, 0.1) is 0 Å². The van der Waals surface area contributed by atoms with Crippen molar-refractivity contribution in [3.63, 3.8) is 0 Å². The third-order valence-corrected chi connectivity index (χ3v) is 2.51. The van der Waals surface area contributed by atoms with Gasteiger partial charge in [-0.25, -0.2) is 0 Å². The summed E-state index contributed by atoms with van der Waals surface area (Å²) in [5, 5.41) is 0. The summed E-state index contributed by atoms with van der Waals surface area (Å²) in [5.74, 6) is 0.162. The molecule has 0 radical (unpaired) electrons. The molecule has 1 heterocycles. The Kier molecular flexibility index (Phi) is 2.47. The summed E-state index contributed by atoms with van der Waals surface area (Å²) in [7, 11) is 0. The zero-order valence-corrected chi connectivity index (χ0v) is 8.58. The average molecular weight is 241 g/mol. The van der Waals surface area contributed by atoms with Crippen molar-refractivity contribution in [2.45, 2.75) is 12.5 Å². The van der Waals surface area contributed by atoms with E-state index in [2.05, 4.69) is 15.9 Å². The van der Waals surface area contributed by atoms with Crippen molar-refractivity contribution in [3.8, 4) is 0 Å². The van der Waals surface area contributed by atoms with E-state index >= 15 is 0 Å². The number of rotatable bonds is 3. The normalized spacial score (nSPS) is 19.9. The first-order chi connectivity index (χ1) is 6.25. The quantitative estimate of drug-likeness (QED) is 0.600. The molecule has 0 N–H and O–H groups in total. The van der Waals surface area contributed by atoms with Crippen LogP contribution in [0.25, 0.3) is 0 Å². The van der Waals surface area contributed by atoms with E-state index < -0.39 is 0 Å². The summed E-state index contributed by atoms with van der Waals surface area (Å²) < 4.78 is 5.99. The van der Waals surface area contributed by atoms with E-state index in [1.807, 2.05) is 24.3 Å². The van der Waals surface area contributed by atoms with E-state index in [0.717, 1.165) is 16.6 Å². The summed E-state index contributed by atoms with van der Waals surface area (Å²) in [5.41, 5.74) is 0.763. The van der Waals surface area contributed by atoms with Gasteiger partial charge in [-0.3, -0.25) is 4.79 Å². The standard InChI is InChI=1S/C10H9BrO2/c11-8-3-1-7(2-4-8)10(12)5-9-6-13-9/h1-4,9H,5-6H2. The van der Waals surface area contributed by atoms with Crippen LogP contribution >= 0.6 is 15.9 Å². The van der Waals surface area contributed by atoms with Crippen LogP contribution < -0.4 is 0 Å². The molecule has 1 aromatic carbocycles. The number of ketones is 1. The van der Waals surface area contributed by atoms with Crippen LogP contribution in [0.4, 0.5) is 0 Å². The van der Waals surface area contributed by atoms with Gasteiger partial charge in [0, 0.05) is 16.5 Å². The first-order valence-electron chi connectivity index (χ1n) is 4.16. The molecule has 2 nitrogen and oxygen atoms in total. The molecule has 0 aromatic heterocycles. The molecule has 1 fully saturated rings. The Labute approximate surface area is 85.0 Å². The topological polar surface area (TPSA) is 29.6 Å². The molecule has 1 saturated heterocycles. The lowest BCUT2D eigenvalue weighted by molar-refractivity contribution is 0.0972. The molecule has 0 amide bonds. The summed E-state index contributed by atoms with van der Waals surface area (Å²) >= 11 is 3.32. The van der Waals surface area contributed by atoms with Crippen molar-refractivity contribution in [1.29, 1.82) is 0 Å². The summed E-state index contributed by atoms with van der Waals surface area (Å²) in [6.45, 7) is 0.738. The molecule has 1 aliphatic rings. The van der Waals surface area contributed by atoms with Crippen LogP contribution in [-0.4, -0.2) is 18.5 Å². The van der Waals surface area contributed by atoms with Crippen molar-refractivity contribution in [3.05, 3.63) is 34.3 Å². The number of benzene rings is 1. The van der Waals surface area contributed by atoms with Gasteiger partial charge in [-0.15, -0.1) is 0 Å². The van der Waals surface area contributed by atoms with Gasteiger partial charge in [0.15, 0.2) is 5.78 Å². The Morgan fingerprint density at radius 1 is 1.46 bits per heavy atom. The Bertz CT molecular complexity index is 314. The lowest BCUT2D eigenvalue weighted by atomic mass is 10.1. The fourth-order valence-corrected chi connectivity index (χ4v) is 1.41. The molecule has 1 atom stereocenters. The first kappa shape index (κ1) is 8.91. The Morgan fingerprint density at radius 2 is 2.08 bits per heavy atom. The number of halogens is 1. The van der Waals surface area contributed by atoms with Gasteiger partial charge in [0.25, 0.3) is 0 Å². The highest BCUT2D eigenvalue weighted by Gasteiger charge is 2.25. The van der Waals surface area contributed by atoms with Crippen LogP contribution in [0.2, 0.25) is 0 Å². The van der Waals surface area contributed by atoms with Crippen molar-refractivity contribution in [2.24, 2.45) is 0 Å². The minimum Gasteiger partial charge on any atom is -0.373 e. The predicted octanol–water partition coefficient (Wildman–Crippen LogP) is 2.42. The molecule has 0 spiro atoms. The second-order valence-electron chi connectivity index (χ2n) is 3.09. The monoisotopic (exact) mass is 240 g/mol. The van der Waals surface area contributed by atoms with E-state index in [1.54, 1.807) is 0 Å². The van der Waals surface area contributed by atoms with Gasteiger partial charge >= 0.3 is 0 Å². The maximum absolute atomic E-state index is 11.5. The zero-order chi connectivity index (χ0) is 9.26. The number of carbonyl (C=O) groups excluding carboxylic acids is 1. The van der Waals surface area contributed by atoms with Gasteiger partial charge in [-0.05, 0) is 12.1 Å². The molecule has 3 heteroatoms. The average Bonchev–Trinajstić information content (AvgIpc) is 2.89. The number of hydrogen-bond acceptors (Lipinski definition) is 2. The van der Waals surface area contributed by atoms with Crippen molar-refractivity contribution in [1.82, 2.24) is 0 Å². The lowest BCUT2D eigenvalue weighted by Gasteiger charge is -1.97. The van der Waals surface area contributed by atoms with Crippen molar-refractivity contribution >= 4 is 21.7 Å². The highest BCUT2D eigenvalue weighted by Crippen LogP contribution is 2.18. The van der Waals surface area contributed by atoms with Crippen LogP contribution in [0.5, 0.6) is 0 Å². The molecule has 1 aliphatic heterocycles. The smallest absolute Gasteiger partial charge is 0.165 e. The van der Waals surface area contributed by atoms with Crippen molar-refractivity contribution < 1.29 is 9.53 Å². The highest BCUT2D eigenvalue weighted by molar-refractivity contribution is 9.10. The second kappa shape index (κ2) is 3.60. The van der Waals surface area contributed by atoms with Crippen LogP contribution in [0.15, 0.2) is 28.7 Å². The first-order valence-corrected chi connectivity index (χ1v) is 4.95. The third-order valence-electron chi connectivity index (χ3n) is 1.98. The van der Waals surface area contributed by atoms with Gasteiger partial charge in [0.05, 0.1) is 12.7 Å². The summed E-state index contributed by atoms with van der Waals surface area (Å²) in [6, 6.07) is 7.41. The van der Waals surface area contributed by atoms with Gasteiger partial charge in [-0.2, -0.15) is 0 Å². The number of hydrogen-bond donors (Lipinski definition) is 0.